The van der Waals surface area contributed by atoms with E-state index in [4.69, 9.17) is 0 Å². The van der Waals surface area contributed by atoms with Crippen molar-refractivity contribution in [2.75, 3.05) is 17.1 Å². The second kappa shape index (κ2) is 10.0. The highest BCUT2D eigenvalue weighted by molar-refractivity contribution is 7.92. The monoisotopic (exact) mass is 402 g/mol. The van der Waals surface area contributed by atoms with Gasteiger partial charge in [-0.1, -0.05) is 32.1 Å². The predicted molar refractivity (Wildman–Crippen MR) is 102 cm³/mol. The lowest BCUT2D eigenvalue weighted by atomic mass is 9.96. The van der Waals surface area contributed by atoms with Crippen molar-refractivity contribution in [3.63, 3.8) is 0 Å². The molecule has 0 radical (unpaired) electrons. The summed E-state index contributed by atoms with van der Waals surface area (Å²) in [7, 11) is -3.67. The Balaban J connectivity index is 1.89. The summed E-state index contributed by atoms with van der Waals surface area (Å²) in [6, 6.07) is 3.15. The van der Waals surface area contributed by atoms with Crippen LogP contribution in [-0.2, 0) is 14.8 Å². The number of nitrogens with zero attached hydrogens (tertiary/aromatic N) is 1. The number of halogens is 2. The Morgan fingerprint density at radius 2 is 1.74 bits per heavy atom. The van der Waals surface area contributed by atoms with Crippen molar-refractivity contribution in [2.24, 2.45) is 0 Å². The predicted octanol–water partition coefficient (Wildman–Crippen LogP) is 3.74. The van der Waals surface area contributed by atoms with E-state index in [-0.39, 0.29) is 30.6 Å². The third-order valence-corrected chi connectivity index (χ3v) is 6.02. The van der Waals surface area contributed by atoms with Crippen LogP contribution in [0.2, 0.25) is 0 Å². The summed E-state index contributed by atoms with van der Waals surface area (Å²) in [6.07, 6.45) is 9.33. The minimum absolute atomic E-state index is 0.0298. The lowest BCUT2D eigenvalue weighted by Crippen LogP contribution is -2.36. The number of hydrogen-bond acceptors (Lipinski definition) is 3. The van der Waals surface area contributed by atoms with Crippen LogP contribution >= 0.6 is 0 Å². The third kappa shape index (κ3) is 7.08. The van der Waals surface area contributed by atoms with Crippen LogP contribution in [0.25, 0.3) is 0 Å². The van der Waals surface area contributed by atoms with Gasteiger partial charge in [0.2, 0.25) is 15.9 Å². The fraction of sp³-hybridized carbons (Fsp3) is 0.632. The summed E-state index contributed by atoms with van der Waals surface area (Å²) in [5, 5.41) is 3.04. The molecule has 152 valence electrons. The summed E-state index contributed by atoms with van der Waals surface area (Å²) in [5.74, 6) is -2.24. The van der Waals surface area contributed by atoms with Crippen molar-refractivity contribution in [3.05, 3.63) is 29.8 Å². The largest absolute Gasteiger partial charge is 0.353 e. The van der Waals surface area contributed by atoms with Crippen molar-refractivity contribution in [1.29, 1.82) is 0 Å². The van der Waals surface area contributed by atoms with Crippen LogP contribution in [0.3, 0.4) is 0 Å². The molecule has 1 saturated carbocycles. The minimum Gasteiger partial charge on any atom is -0.353 e. The van der Waals surface area contributed by atoms with Crippen LogP contribution in [0.1, 0.15) is 57.8 Å². The molecule has 5 nitrogen and oxygen atoms in total. The first kappa shape index (κ1) is 21.6. The fourth-order valence-corrected chi connectivity index (χ4v) is 4.37. The van der Waals surface area contributed by atoms with E-state index in [1.807, 2.05) is 0 Å². The Morgan fingerprint density at radius 3 is 2.33 bits per heavy atom. The zero-order valence-corrected chi connectivity index (χ0v) is 16.5. The van der Waals surface area contributed by atoms with Crippen LogP contribution in [0.4, 0.5) is 14.5 Å². The van der Waals surface area contributed by atoms with Gasteiger partial charge in [0.1, 0.15) is 0 Å². The number of benzene rings is 1. The molecular weight excluding hydrogens is 374 g/mol. The molecule has 1 aromatic rings. The first-order chi connectivity index (χ1) is 12.8. The van der Waals surface area contributed by atoms with Crippen molar-refractivity contribution in [3.8, 4) is 0 Å². The molecule has 2 rings (SSSR count). The van der Waals surface area contributed by atoms with E-state index in [2.05, 4.69) is 5.32 Å². The summed E-state index contributed by atoms with van der Waals surface area (Å²) >= 11 is 0. The molecule has 27 heavy (non-hydrogen) atoms. The van der Waals surface area contributed by atoms with E-state index >= 15 is 0 Å². The van der Waals surface area contributed by atoms with Crippen molar-refractivity contribution in [1.82, 2.24) is 5.32 Å². The lowest BCUT2D eigenvalue weighted by Gasteiger charge is -2.23. The highest BCUT2D eigenvalue weighted by Gasteiger charge is 2.20. The molecule has 8 heteroatoms. The number of hydrogen-bond donors (Lipinski definition) is 1. The van der Waals surface area contributed by atoms with Crippen LogP contribution in [0.15, 0.2) is 18.2 Å². The van der Waals surface area contributed by atoms with E-state index in [0.717, 1.165) is 48.4 Å². The molecule has 1 aliphatic carbocycles. The Bertz CT molecular complexity index is 732. The van der Waals surface area contributed by atoms with Crippen LogP contribution in [0.5, 0.6) is 0 Å². The molecule has 0 aromatic heterocycles. The molecule has 0 aliphatic heterocycles. The van der Waals surface area contributed by atoms with Crippen molar-refractivity contribution < 1.29 is 22.0 Å². The Labute approximate surface area is 160 Å². The van der Waals surface area contributed by atoms with E-state index < -0.39 is 21.7 Å². The first-order valence-electron chi connectivity index (χ1n) is 9.49. The van der Waals surface area contributed by atoms with Gasteiger partial charge in [-0.25, -0.2) is 17.2 Å². The summed E-state index contributed by atoms with van der Waals surface area (Å²) in [5.41, 5.74) is 0.0526. The minimum atomic E-state index is -3.67. The van der Waals surface area contributed by atoms with Gasteiger partial charge in [0.15, 0.2) is 11.6 Å². The average Bonchev–Trinajstić information content (AvgIpc) is 2.55. The molecule has 0 atom stereocenters. The lowest BCUT2D eigenvalue weighted by molar-refractivity contribution is -0.122. The standard InChI is InChI=1S/C19H28F2N2O3S/c1-27(25,26)23(16-11-12-17(20)18(21)14-16)13-7-10-19(24)22-15-8-5-3-2-4-6-9-15/h11-12,14-15H,2-10,13H2,1H3,(H,22,24). The second-order valence-electron chi connectivity index (χ2n) is 7.15. The van der Waals surface area contributed by atoms with Crippen LogP contribution in [0, 0.1) is 11.6 Å². The molecule has 0 spiro atoms. The van der Waals surface area contributed by atoms with Gasteiger partial charge >= 0.3 is 0 Å². The van der Waals surface area contributed by atoms with Gasteiger partial charge in [0.05, 0.1) is 11.9 Å². The van der Waals surface area contributed by atoms with Gasteiger partial charge in [-0.3, -0.25) is 9.10 Å². The Hall–Kier alpha value is -1.70. The molecule has 1 aliphatic rings. The molecular formula is C19H28F2N2O3S. The van der Waals surface area contributed by atoms with Crippen LogP contribution in [-0.4, -0.2) is 33.2 Å². The van der Waals surface area contributed by atoms with Crippen molar-refractivity contribution >= 4 is 21.6 Å². The fourth-order valence-electron chi connectivity index (χ4n) is 3.41. The van der Waals surface area contributed by atoms with Gasteiger partial charge in [0, 0.05) is 25.1 Å². The van der Waals surface area contributed by atoms with Gasteiger partial charge in [-0.05, 0) is 31.4 Å². The topological polar surface area (TPSA) is 66.5 Å². The molecule has 1 fully saturated rings. The molecule has 1 amide bonds. The highest BCUT2D eigenvalue weighted by Crippen LogP contribution is 2.21. The van der Waals surface area contributed by atoms with E-state index in [9.17, 15) is 22.0 Å². The number of rotatable bonds is 7. The maximum atomic E-state index is 13.4. The second-order valence-corrected chi connectivity index (χ2v) is 9.05. The number of nitrogens with one attached hydrogen (secondary N) is 1. The number of anilines is 1. The number of carbonyl (C=O) groups is 1. The van der Waals surface area contributed by atoms with E-state index in [1.165, 1.54) is 25.3 Å². The average molecular weight is 403 g/mol. The third-order valence-electron chi connectivity index (χ3n) is 4.83. The summed E-state index contributed by atoms with van der Waals surface area (Å²) < 4.78 is 51.5. The molecule has 0 saturated heterocycles. The van der Waals surface area contributed by atoms with Gasteiger partial charge in [-0.15, -0.1) is 0 Å². The van der Waals surface area contributed by atoms with Gasteiger partial charge in [0.25, 0.3) is 0 Å². The Morgan fingerprint density at radius 1 is 1.11 bits per heavy atom. The molecule has 0 heterocycles. The molecule has 0 unspecified atom stereocenters. The molecule has 0 bridgehead atoms. The maximum Gasteiger partial charge on any atom is 0.232 e. The quantitative estimate of drug-likeness (QED) is 0.756. The van der Waals surface area contributed by atoms with Crippen LogP contribution < -0.4 is 9.62 Å². The smallest absolute Gasteiger partial charge is 0.232 e. The molecule has 1 N–H and O–H groups in total. The van der Waals surface area contributed by atoms with E-state index in [1.54, 1.807) is 0 Å². The SMILES string of the molecule is CS(=O)(=O)N(CCCC(=O)NC1CCCCCCC1)c1ccc(F)c(F)c1. The Kier molecular flexibility index (Phi) is 8.01. The van der Waals surface area contributed by atoms with Crippen molar-refractivity contribution in [2.45, 2.75) is 63.8 Å². The number of sulfonamides is 1. The zero-order valence-electron chi connectivity index (χ0n) is 15.7. The number of carbonyl (C=O) groups excluding carboxylic acids is 1. The summed E-state index contributed by atoms with van der Waals surface area (Å²) in [6.45, 7) is 0.0298. The van der Waals surface area contributed by atoms with E-state index in [0.29, 0.717) is 6.42 Å². The highest BCUT2D eigenvalue weighted by atomic mass is 32.2. The molecule has 1 aromatic carbocycles. The normalized spacial score (nSPS) is 16.4. The van der Waals surface area contributed by atoms with Gasteiger partial charge in [-0.2, -0.15) is 0 Å². The van der Waals surface area contributed by atoms with Gasteiger partial charge < -0.3 is 5.32 Å². The maximum absolute atomic E-state index is 13.4. The first-order valence-corrected chi connectivity index (χ1v) is 11.3. The zero-order chi connectivity index (χ0) is 19.9. The summed E-state index contributed by atoms with van der Waals surface area (Å²) in [4.78, 5) is 12.2. The number of amides is 1.